The molecular weight excluding hydrogens is 548 g/mol. The summed E-state index contributed by atoms with van der Waals surface area (Å²) in [6.45, 7) is -0.224. The second kappa shape index (κ2) is 9.77. The number of hydrogen-bond donors (Lipinski definition) is 4. The molecule has 13 heteroatoms. The first-order valence-electron chi connectivity index (χ1n) is 12.3. The first-order chi connectivity index (χ1) is 19.3. The maximum absolute atomic E-state index is 14.6. The number of alkyl halides is 3. The fourth-order valence-corrected chi connectivity index (χ4v) is 4.74. The largest absolute Gasteiger partial charge is 0.495 e. The molecule has 2 amide bonds. The molecule has 4 aromatic rings. The molecule has 0 saturated carbocycles. The van der Waals surface area contributed by atoms with Gasteiger partial charge in [-0.25, -0.2) is 9.37 Å². The highest BCUT2D eigenvalue weighted by atomic mass is 19.4. The minimum atomic E-state index is -5.34. The van der Waals surface area contributed by atoms with Crippen molar-refractivity contribution < 1.29 is 41.7 Å². The molecule has 0 spiro atoms. The molecule has 0 aliphatic carbocycles. The van der Waals surface area contributed by atoms with Gasteiger partial charge in [0.1, 0.15) is 35.0 Å². The van der Waals surface area contributed by atoms with E-state index in [9.17, 15) is 32.3 Å². The highest BCUT2D eigenvalue weighted by molar-refractivity contribution is 6.07. The first kappa shape index (κ1) is 27.9. The van der Waals surface area contributed by atoms with Crippen molar-refractivity contribution in [2.75, 3.05) is 20.3 Å². The van der Waals surface area contributed by atoms with Crippen molar-refractivity contribution in [3.05, 3.63) is 77.4 Å². The van der Waals surface area contributed by atoms with Crippen LogP contribution in [0.2, 0.25) is 0 Å². The van der Waals surface area contributed by atoms with E-state index in [1.54, 1.807) is 12.3 Å². The Morgan fingerprint density at radius 2 is 1.90 bits per heavy atom. The Bertz CT molecular complexity index is 1670. The number of H-pyrrole nitrogens is 1. The topological polar surface area (TPSA) is 140 Å². The zero-order valence-corrected chi connectivity index (χ0v) is 21.7. The first-order valence-corrected chi connectivity index (χ1v) is 12.3. The quantitative estimate of drug-likeness (QED) is 0.249. The van der Waals surface area contributed by atoms with Crippen LogP contribution in [-0.4, -0.2) is 53.3 Å². The number of halogens is 4. The lowest BCUT2D eigenvalue weighted by Gasteiger charge is -2.31. The Morgan fingerprint density at radius 3 is 2.54 bits per heavy atom. The van der Waals surface area contributed by atoms with Crippen LogP contribution in [0.4, 0.5) is 17.6 Å². The van der Waals surface area contributed by atoms with E-state index in [4.69, 9.17) is 15.2 Å². The molecule has 1 unspecified atom stereocenters. The Balaban J connectivity index is 1.60. The van der Waals surface area contributed by atoms with Crippen LogP contribution in [0.25, 0.3) is 22.2 Å². The smallest absolute Gasteiger partial charge is 0.424 e. The predicted molar refractivity (Wildman–Crippen MR) is 139 cm³/mol. The molecule has 5 rings (SSSR count). The number of methoxy groups -OCH3 is 1. The average Bonchev–Trinajstić information content (AvgIpc) is 3.56. The highest BCUT2D eigenvalue weighted by Gasteiger charge is 2.57. The minimum Gasteiger partial charge on any atom is -0.495 e. The number of amides is 2. The number of benzene rings is 2. The minimum absolute atomic E-state index is 0.0247. The maximum Gasteiger partial charge on any atom is 0.424 e. The van der Waals surface area contributed by atoms with Crippen LogP contribution in [0.5, 0.6) is 11.5 Å². The van der Waals surface area contributed by atoms with Gasteiger partial charge in [-0.05, 0) is 55.5 Å². The summed E-state index contributed by atoms with van der Waals surface area (Å²) in [6, 6.07) is 10.0. The Hall–Kier alpha value is -4.65. The number of primary amides is 1. The lowest BCUT2D eigenvalue weighted by molar-refractivity contribution is -0.265. The van der Waals surface area contributed by atoms with Gasteiger partial charge in [-0.1, -0.05) is 0 Å². The van der Waals surface area contributed by atoms with E-state index in [-0.39, 0.29) is 34.7 Å². The van der Waals surface area contributed by atoms with Crippen LogP contribution in [0, 0.1) is 5.82 Å². The van der Waals surface area contributed by atoms with Gasteiger partial charge in [0.2, 0.25) is 11.5 Å². The number of hydrogen-bond acceptors (Lipinski definition) is 6. The number of nitrogens with two attached hydrogens (primary N) is 1. The normalized spacial score (nSPS) is 17.9. The van der Waals surface area contributed by atoms with Crippen LogP contribution >= 0.6 is 0 Å². The summed E-state index contributed by atoms with van der Waals surface area (Å²) < 4.78 is 68.3. The molecular formula is C28H24F4N4O5. The fourth-order valence-electron chi connectivity index (χ4n) is 4.74. The molecule has 2 aromatic heterocycles. The van der Waals surface area contributed by atoms with Crippen LogP contribution in [0.15, 0.2) is 54.7 Å². The Morgan fingerprint density at radius 1 is 1.20 bits per heavy atom. The van der Waals surface area contributed by atoms with E-state index in [0.717, 1.165) is 18.2 Å². The Labute approximate surface area is 230 Å². The van der Waals surface area contributed by atoms with Gasteiger partial charge in [-0.2, -0.15) is 13.2 Å². The molecule has 2 atom stereocenters. The number of nitrogens with one attached hydrogen (secondary N) is 2. The number of pyridine rings is 1. The van der Waals surface area contributed by atoms with Crippen molar-refractivity contribution >= 4 is 22.7 Å². The molecule has 0 radical (unpaired) electrons. The SMILES string of the molecule is COc1ccc(C(=O)NCC(O)(c2cc3c(c(-c4ccc(F)cc4)n2)OC[C@]3(C)C(N)=O)C(F)(F)F)c2cc[nH]c12. The number of nitrogens with zero attached hydrogens (tertiary/aromatic N) is 1. The number of carbonyl (C=O) groups is 2. The number of carbonyl (C=O) groups excluding carboxylic acids is 2. The maximum atomic E-state index is 14.6. The van der Waals surface area contributed by atoms with Crippen LogP contribution in [0.3, 0.4) is 0 Å². The monoisotopic (exact) mass is 572 g/mol. The Kier molecular flexibility index (Phi) is 6.65. The van der Waals surface area contributed by atoms with Gasteiger partial charge in [-0.15, -0.1) is 0 Å². The van der Waals surface area contributed by atoms with Gasteiger partial charge < -0.3 is 30.6 Å². The van der Waals surface area contributed by atoms with Gasteiger partial charge in [0.25, 0.3) is 5.91 Å². The second-order valence-electron chi connectivity index (χ2n) is 9.85. The number of aromatic amines is 1. The number of aromatic nitrogens is 2. The van der Waals surface area contributed by atoms with Crippen molar-refractivity contribution in [1.82, 2.24) is 15.3 Å². The van der Waals surface area contributed by atoms with Crippen molar-refractivity contribution in [3.8, 4) is 22.8 Å². The van der Waals surface area contributed by atoms with Crippen molar-refractivity contribution in [1.29, 1.82) is 0 Å². The molecule has 0 fully saturated rings. The summed E-state index contributed by atoms with van der Waals surface area (Å²) in [6.07, 6.45) is -3.80. The van der Waals surface area contributed by atoms with E-state index in [0.29, 0.717) is 16.7 Å². The zero-order chi connectivity index (χ0) is 29.7. The molecule has 0 bridgehead atoms. The van der Waals surface area contributed by atoms with E-state index in [1.165, 1.54) is 38.3 Å². The summed E-state index contributed by atoms with van der Waals surface area (Å²) in [5.74, 6) is -1.98. The summed E-state index contributed by atoms with van der Waals surface area (Å²) >= 11 is 0. The molecule has 1 aliphatic rings. The molecule has 41 heavy (non-hydrogen) atoms. The second-order valence-corrected chi connectivity index (χ2v) is 9.85. The third kappa shape index (κ3) is 4.51. The van der Waals surface area contributed by atoms with Gasteiger partial charge in [0.05, 0.1) is 24.9 Å². The van der Waals surface area contributed by atoms with Crippen molar-refractivity contribution in [3.63, 3.8) is 0 Å². The number of ether oxygens (including phenoxy) is 2. The summed E-state index contributed by atoms with van der Waals surface area (Å²) in [4.78, 5) is 32.4. The van der Waals surface area contributed by atoms with E-state index < -0.39 is 47.1 Å². The summed E-state index contributed by atoms with van der Waals surface area (Å²) in [5, 5.41) is 13.7. The lowest BCUT2D eigenvalue weighted by atomic mass is 9.81. The number of rotatable bonds is 7. The molecule has 0 saturated heterocycles. The third-order valence-corrected chi connectivity index (χ3v) is 7.28. The molecule has 214 valence electrons. The van der Waals surface area contributed by atoms with Gasteiger partial charge in [0, 0.05) is 28.3 Å². The zero-order valence-electron chi connectivity index (χ0n) is 21.7. The number of fused-ring (bicyclic) bond motifs is 2. The number of aliphatic hydroxyl groups is 1. The van der Waals surface area contributed by atoms with Crippen molar-refractivity contribution in [2.45, 2.75) is 24.1 Å². The average molecular weight is 573 g/mol. The standard InChI is InChI=1S/C28H24F4N4O5/c1-26(25(33)38)13-41-23-18(26)11-20(36-21(23)14-3-5-15(29)6-4-14)27(39,28(30,31)32)12-35-24(37)17-7-8-19(40-2)22-16(17)9-10-34-22/h3-11,34,39H,12-13H2,1-2H3,(H2,33,38)(H,35,37)/t26-,27?/m0/s1. The molecule has 9 nitrogen and oxygen atoms in total. The summed E-state index contributed by atoms with van der Waals surface area (Å²) in [5.41, 5.74) is -0.139. The van der Waals surface area contributed by atoms with E-state index in [1.807, 2.05) is 0 Å². The predicted octanol–water partition coefficient (Wildman–Crippen LogP) is 3.69. The van der Waals surface area contributed by atoms with E-state index in [2.05, 4.69) is 15.3 Å². The van der Waals surface area contributed by atoms with Crippen LogP contribution in [0.1, 0.15) is 28.5 Å². The third-order valence-electron chi connectivity index (χ3n) is 7.28. The van der Waals surface area contributed by atoms with E-state index >= 15 is 0 Å². The van der Waals surface area contributed by atoms with Gasteiger partial charge in [0.15, 0.2) is 0 Å². The van der Waals surface area contributed by atoms with Crippen LogP contribution < -0.4 is 20.5 Å². The van der Waals surface area contributed by atoms with Crippen LogP contribution in [-0.2, 0) is 15.8 Å². The molecule has 5 N–H and O–H groups in total. The van der Waals surface area contributed by atoms with Gasteiger partial charge in [-0.3, -0.25) is 9.59 Å². The lowest BCUT2D eigenvalue weighted by Crippen LogP contribution is -2.51. The molecule has 3 heterocycles. The molecule has 1 aliphatic heterocycles. The highest BCUT2D eigenvalue weighted by Crippen LogP contribution is 2.47. The van der Waals surface area contributed by atoms with Crippen molar-refractivity contribution in [2.24, 2.45) is 5.73 Å². The molecule has 2 aromatic carbocycles. The summed E-state index contributed by atoms with van der Waals surface area (Å²) in [7, 11) is 1.43. The van der Waals surface area contributed by atoms with Gasteiger partial charge >= 0.3 is 6.18 Å². The fraction of sp³-hybridized carbons (Fsp3) is 0.250.